The second-order valence-corrected chi connectivity index (χ2v) is 6.06. The Bertz CT molecular complexity index is 880. The van der Waals surface area contributed by atoms with Crippen molar-refractivity contribution >= 4 is 22.9 Å². The summed E-state index contributed by atoms with van der Waals surface area (Å²) in [6.45, 7) is -2.95. The van der Waals surface area contributed by atoms with Crippen LogP contribution in [0.4, 0.5) is 14.5 Å². The van der Waals surface area contributed by atoms with Crippen LogP contribution in [0, 0.1) is 0 Å². The number of methoxy groups -OCH3 is 1. The number of thiophene rings is 1. The summed E-state index contributed by atoms with van der Waals surface area (Å²) in [5, 5.41) is 6.29. The van der Waals surface area contributed by atoms with Crippen LogP contribution >= 0.6 is 11.3 Å². The summed E-state index contributed by atoms with van der Waals surface area (Å²) in [7, 11) is 1.54. The molecule has 0 spiro atoms. The van der Waals surface area contributed by atoms with Crippen molar-refractivity contribution in [3.63, 3.8) is 0 Å². The van der Waals surface area contributed by atoms with Crippen molar-refractivity contribution in [2.45, 2.75) is 6.61 Å². The highest BCUT2D eigenvalue weighted by atomic mass is 32.1. The Hall–Kier alpha value is -2.93. The molecule has 0 saturated heterocycles. The Morgan fingerprint density at radius 2 is 1.88 bits per heavy atom. The molecule has 3 aromatic rings. The maximum Gasteiger partial charge on any atom is 0.387 e. The average Bonchev–Trinajstić information content (AvgIpc) is 3.17. The first-order valence-electron chi connectivity index (χ1n) is 7.63. The summed E-state index contributed by atoms with van der Waals surface area (Å²) in [6, 6.07) is 13.1. The number of carbonyl (C=O) groups is 1. The number of benzene rings is 2. The summed E-state index contributed by atoms with van der Waals surface area (Å²) in [5.41, 5.74) is 2.12. The fraction of sp³-hybridized carbons (Fsp3) is 0.105. The summed E-state index contributed by atoms with van der Waals surface area (Å²) in [4.78, 5) is 12.2. The van der Waals surface area contributed by atoms with Gasteiger partial charge in [-0.1, -0.05) is 12.1 Å². The van der Waals surface area contributed by atoms with Gasteiger partial charge in [0.15, 0.2) is 0 Å². The molecule has 1 N–H and O–H groups in total. The molecule has 1 amide bonds. The molecule has 4 nitrogen and oxygen atoms in total. The number of amides is 1. The Morgan fingerprint density at radius 1 is 1.12 bits per heavy atom. The number of anilines is 1. The zero-order valence-electron chi connectivity index (χ0n) is 13.7. The third-order valence-corrected chi connectivity index (χ3v) is 4.32. The SMILES string of the molecule is COc1ccc(-c2cc(NC(=O)c3ccsc3)ccc2OC(F)F)cc1. The standard InChI is InChI=1S/C19H15F2NO3S/c1-24-15-5-2-12(3-6-15)16-10-14(4-7-17(16)25-19(20)21)22-18(23)13-8-9-26-11-13/h2-11,19H,1H3,(H,22,23). The van der Waals surface area contributed by atoms with E-state index in [1.807, 2.05) is 0 Å². The van der Waals surface area contributed by atoms with Gasteiger partial charge in [0.1, 0.15) is 11.5 Å². The Morgan fingerprint density at radius 3 is 2.50 bits per heavy atom. The molecule has 0 radical (unpaired) electrons. The van der Waals surface area contributed by atoms with Gasteiger partial charge in [-0.25, -0.2) is 0 Å². The highest BCUT2D eigenvalue weighted by Gasteiger charge is 2.14. The van der Waals surface area contributed by atoms with Crippen LogP contribution in [-0.2, 0) is 0 Å². The lowest BCUT2D eigenvalue weighted by molar-refractivity contribution is -0.0494. The minimum atomic E-state index is -2.95. The van der Waals surface area contributed by atoms with Crippen LogP contribution in [0.25, 0.3) is 11.1 Å². The Labute approximate surface area is 153 Å². The predicted octanol–water partition coefficient (Wildman–Crippen LogP) is 5.28. The maximum absolute atomic E-state index is 12.7. The van der Waals surface area contributed by atoms with Gasteiger partial charge in [-0.05, 0) is 47.3 Å². The smallest absolute Gasteiger partial charge is 0.387 e. The topological polar surface area (TPSA) is 47.6 Å². The van der Waals surface area contributed by atoms with E-state index in [2.05, 4.69) is 10.1 Å². The molecule has 0 aliphatic carbocycles. The molecule has 134 valence electrons. The molecule has 1 aromatic heterocycles. The predicted molar refractivity (Wildman–Crippen MR) is 97.3 cm³/mol. The molecule has 0 fully saturated rings. The number of hydrogen-bond donors (Lipinski definition) is 1. The zero-order chi connectivity index (χ0) is 18.5. The minimum Gasteiger partial charge on any atom is -0.497 e. The maximum atomic E-state index is 12.7. The molecule has 0 atom stereocenters. The monoisotopic (exact) mass is 375 g/mol. The van der Waals surface area contributed by atoms with E-state index < -0.39 is 6.61 Å². The number of ether oxygens (including phenoxy) is 2. The number of nitrogens with one attached hydrogen (secondary N) is 1. The van der Waals surface area contributed by atoms with Crippen LogP contribution < -0.4 is 14.8 Å². The number of alkyl halides is 2. The quantitative estimate of drug-likeness (QED) is 0.638. The van der Waals surface area contributed by atoms with Gasteiger partial charge in [0.05, 0.1) is 12.7 Å². The minimum absolute atomic E-state index is 0.0266. The lowest BCUT2D eigenvalue weighted by Crippen LogP contribution is -2.11. The summed E-state index contributed by atoms with van der Waals surface area (Å²) in [6.07, 6.45) is 0. The van der Waals surface area contributed by atoms with Gasteiger partial charge in [0.25, 0.3) is 5.91 Å². The molecule has 1 heterocycles. The van der Waals surface area contributed by atoms with Gasteiger partial charge < -0.3 is 14.8 Å². The zero-order valence-corrected chi connectivity index (χ0v) is 14.6. The van der Waals surface area contributed by atoms with E-state index in [1.165, 1.54) is 23.5 Å². The molecule has 0 saturated carbocycles. The Balaban J connectivity index is 1.94. The van der Waals surface area contributed by atoms with Crippen LogP contribution in [-0.4, -0.2) is 19.6 Å². The van der Waals surface area contributed by atoms with Crippen LogP contribution in [0.5, 0.6) is 11.5 Å². The first-order chi connectivity index (χ1) is 12.6. The van der Waals surface area contributed by atoms with E-state index in [0.717, 1.165) is 0 Å². The number of halogens is 2. The largest absolute Gasteiger partial charge is 0.497 e. The van der Waals surface area contributed by atoms with E-state index in [4.69, 9.17) is 4.74 Å². The summed E-state index contributed by atoms with van der Waals surface area (Å²) in [5.74, 6) is 0.403. The highest BCUT2D eigenvalue weighted by Crippen LogP contribution is 2.34. The van der Waals surface area contributed by atoms with Crippen LogP contribution in [0.1, 0.15) is 10.4 Å². The van der Waals surface area contributed by atoms with E-state index in [9.17, 15) is 13.6 Å². The Kier molecular flexibility index (Phi) is 5.48. The molecular weight excluding hydrogens is 360 g/mol. The highest BCUT2D eigenvalue weighted by molar-refractivity contribution is 7.08. The van der Waals surface area contributed by atoms with Crippen LogP contribution in [0.3, 0.4) is 0 Å². The van der Waals surface area contributed by atoms with Gasteiger partial charge in [-0.3, -0.25) is 4.79 Å². The third kappa shape index (κ3) is 4.18. The van der Waals surface area contributed by atoms with E-state index in [-0.39, 0.29) is 11.7 Å². The first-order valence-corrected chi connectivity index (χ1v) is 8.58. The van der Waals surface area contributed by atoms with E-state index in [0.29, 0.717) is 28.1 Å². The lowest BCUT2D eigenvalue weighted by atomic mass is 10.0. The van der Waals surface area contributed by atoms with Crippen molar-refractivity contribution in [2.24, 2.45) is 0 Å². The van der Waals surface area contributed by atoms with E-state index in [1.54, 1.807) is 54.3 Å². The molecule has 2 aromatic carbocycles. The second-order valence-electron chi connectivity index (χ2n) is 5.28. The van der Waals surface area contributed by atoms with Crippen molar-refractivity contribution < 1.29 is 23.0 Å². The van der Waals surface area contributed by atoms with Crippen LogP contribution in [0.15, 0.2) is 59.3 Å². The summed E-state index contributed by atoms with van der Waals surface area (Å²) >= 11 is 1.42. The van der Waals surface area contributed by atoms with Crippen molar-refractivity contribution in [3.8, 4) is 22.6 Å². The molecule has 0 unspecified atom stereocenters. The van der Waals surface area contributed by atoms with Crippen molar-refractivity contribution in [1.82, 2.24) is 0 Å². The molecule has 26 heavy (non-hydrogen) atoms. The van der Waals surface area contributed by atoms with Gasteiger partial charge in [0.2, 0.25) is 0 Å². The molecule has 3 rings (SSSR count). The fourth-order valence-electron chi connectivity index (χ4n) is 2.40. The second kappa shape index (κ2) is 7.97. The molecule has 0 aliphatic rings. The first kappa shape index (κ1) is 17.9. The molecule has 0 aliphatic heterocycles. The number of rotatable bonds is 6. The molecular formula is C19H15F2NO3S. The van der Waals surface area contributed by atoms with Crippen molar-refractivity contribution in [2.75, 3.05) is 12.4 Å². The van der Waals surface area contributed by atoms with Gasteiger partial charge in [-0.2, -0.15) is 20.1 Å². The third-order valence-electron chi connectivity index (χ3n) is 3.64. The number of carbonyl (C=O) groups excluding carboxylic acids is 1. The van der Waals surface area contributed by atoms with Crippen molar-refractivity contribution in [1.29, 1.82) is 0 Å². The van der Waals surface area contributed by atoms with E-state index >= 15 is 0 Å². The van der Waals surface area contributed by atoms with Crippen molar-refractivity contribution in [3.05, 3.63) is 64.9 Å². The lowest BCUT2D eigenvalue weighted by Gasteiger charge is -2.14. The molecule has 0 bridgehead atoms. The van der Waals surface area contributed by atoms with Gasteiger partial charge in [-0.15, -0.1) is 0 Å². The average molecular weight is 375 g/mol. The van der Waals surface area contributed by atoms with Gasteiger partial charge >= 0.3 is 6.61 Å². The number of hydrogen-bond acceptors (Lipinski definition) is 4. The summed E-state index contributed by atoms with van der Waals surface area (Å²) < 4.78 is 35.2. The van der Waals surface area contributed by atoms with Gasteiger partial charge in [0, 0.05) is 16.6 Å². The fourth-order valence-corrected chi connectivity index (χ4v) is 3.04. The van der Waals surface area contributed by atoms with Crippen LogP contribution in [0.2, 0.25) is 0 Å². The normalized spacial score (nSPS) is 10.6. The molecule has 7 heteroatoms.